The van der Waals surface area contributed by atoms with Gasteiger partial charge in [-0.1, -0.05) is 30.3 Å². The lowest BCUT2D eigenvalue weighted by atomic mass is 10.1. The maximum absolute atomic E-state index is 5.76. The number of ether oxygens (including phenoxy) is 1. The van der Waals surface area contributed by atoms with E-state index in [1.54, 1.807) is 0 Å². The topological polar surface area (TPSA) is 15.7 Å². The number of hydrogen-bond donors (Lipinski definition) is 0. The summed E-state index contributed by atoms with van der Waals surface area (Å²) in [7, 11) is 0. The molecule has 0 bridgehead atoms. The van der Waals surface area contributed by atoms with E-state index in [4.69, 9.17) is 4.74 Å². The molecule has 0 spiro atoms. The molecule has 2 fully saturated rings. The number of hydrogen-bond acceptors (Lipinski definition) is 3. The monoisotopic (exact) mass is 288 g/mol. The highest BCUT2D eigenvalue weighted by Crippen LogP contribution is 2.22. The van der Waals surface area contributed by atoms with Crippen LogP contribution < -0.4 is 0 Å². The van der Waals surface area contributed by atoms with Gasteiger partial charge in [-0.25, -0.2) is 0 Å². The van der Waals surface area contributed by atoms with E-state index < -0.39 is 0 Å². The van der Waals surface area contributed by atoms with Gasteiger partial charge in [0.15, 0.2) is 0 Å². The molecule has 2 saturated heterocycles. The van der Waals surface area contributed by atoms with Gasteiger partial charge in [-0.05, 0) is 38.8 Å². The molecule has 2 heterocycles. The van der Waals surface area contributed by atoms with Crippen molar-refractivity contribution < 1.29 is 4.74 Å². The van der Waals surface area contributed by atoms with E-state index in [9.17, 15) is 0 Å². The predicted molar refractivity (Wildman–Crippen MR) is 86.6 cm³/mol. The molecule has 3 nitrogen and oxygen atoms in total. The SMILES string of the molecule is C[C@@H]1CN([C@H]2CCN(CCc3ccccc3)C2)[C@H](C)CO1. The van der Waals surface area contributed by atoms with Crippen LogP contribution in [0, 0.1) is 0 Å². The van der Waals surface area contributed by atoms with Crippen molar-refractivity contribution in [1.29, 1.82) is 0 Å². The maximum atomic E-state index is 5.76. The zero-order valence-electron chi connectivity index (χ0n) is 13.4. The largest absolute Gasteiger partial charge is 0.376 e. The highest BCUT2D eigenvalue weighted by atomic mass is 16.5. The molecule has 0 saturated carbocycles. The first-order chi connectivity index (χ1) is 10.2. The Kier molecular flexibility index (Phi) is 4.94. The third-order valence-corrected chi connectivity index (χ3v) is 4.93. The predicted octanol–water partition coefficient (Wildman–Crippen LogP) is 2.41. The molecule has 1 aromatic carbocycles. The van der Waals surface area contributed by atoms with Crippen molar-refractivity contribution in [3.05, 3.63) is 35.9 Å². The highest BCUT2D eigenvalue weighted by molar-refractivity contribution is 5.14. The van der Waals surface area contributed by atoms with Gasteiger partial charge in [-0.3, -0.25) is 4.90 Å². The molecule has 3 atom stereocenters. The van der Waals surface area contributed by atoms with Crippen LogP contribution in [0.1, 0.15) is 25.8 Å². The normalized spacial score (nSPS) is 31.6. The summed E-state index contributed by atoms with van der Waals surface area (Å²) in [6.07, 6.45) is 2.87. The van der Waals surface area contributed by atoms with Crippen molar-refractivity contribution in [1.82, 2.24) is 9.80 Å². The van der Waals surface area contributed by atoms with Gasteiger partial charge in [0.1, 0.15) is 0 Å². The zero-order chi connectivity index (χ0) is 14.7. The molecule has 0 amide bonds. The van der Waals surface area contributed by atoms with Gasteiger partial charge in [-0.15, -0.1) is 0 Å². The van der Waals surface area contributed by atoms with E-state index in [1.165, 1.54) is 38.0 Å². The van der Waals surface area contributed by atoms with Crippen molar-refractivity contribution >= 4 is 0 Å². The maximum Gasteiger partial charge on any atom is 0.0674 e. The lowest BCUT2D eigenvalue weighted by molar-refractivity contribution is -0.0642. The standard InChI is InChI=1S/C18H28N2O/c1-15-14-21-16(2)12-20(15)18-9-11-19(13-18)10-8-17-6-4-3-5-7-17/h3-7,15-16,18H,8-14H2,1-2H3/t15-,16-,18+/m1/s1. The van der Waals surface area contributed by atoms with Crippen molar-refractivity contribution in [2.45, 2.75) is 44.9 Å². The third kappa shape index (κ3) is 3.85. The molecule has 116 valence electrons. The molecule has 1 aromatic rings. The molecule has 0 aliphatic carbocycles. The summed E-state index contributed by atoms with van der Waals surface area (Å²) in [6.45, 7) is 10.1. The molecule has 0 radical (unpaired) electrons. The van der Waals surface area contributed by atoms with E-state index in [1.807, 2.05) is 0 Å². The summed E-state index contributed by atoms with van der Waals surface area (Å²) in [5.74, 6) is 0. The second kappa shape index (κ2) is 6.91. The van der Waals surface area contributed by atoms with E-state index in [-0.39, 0.29) is 0 Å². The van der Waals surface area contributed by atoms with Crippen LogP contribution in [0.2, 0.25) is 0 Å². The van der Waals surface area contributed by atoms with Crippen LogP contribution in [0.3, 0.4) is 0 Å². The van der Waals surface area contributed by atoms with Gasteiger partial charge in [0.25, 0.3) is 0 Å². The average molecular weight is 288 g/mol. The minimum Gasteiger partial charge on any atom is -0.376 e. The number of morpholine rings is 1. The Morgan fingerprint density at radius 2 is 1.95 bits per heavy atom. The second-order valence-corrected chi connectivity index (χ2v) is 6.67. The quantitative estimate of drug-likeness (QED) is 0.846. The third-order valence-electron chi connectivity index (χ3n) is 4.93. The van der Waals surface area contributed by atoms with Crippen LogP contribution in [0.5, 0.6) is 0 Å². The van der Waals surface area contributed by atoms with E-state index >= 15 is 0 Å². The molecule has 2 aliphatic rings. The minimum atomic E-state index is 0.388. The summed E-state index contributed by atoms with van der Waals surface area (Å²) in [5, 5.41) is 0. The van der Waals surface area contributed by atoms with E-state index in [0.717, 1.165) is 19.2 Å². The summed E-state index contributed by atoms with van der Waals surface area (Å²) in [5.41, 5.74) is 1.45. The first-order valence-electron chi connectivity index (χ1n) is 8.36. The van der Waals surface area contributed by atoms with E-state index in [2.05, 4.69) is 54.0 Å². The second-order valence-electron chi connectivity index (χ2n) is 6.67. The summed E-state index contributed by atoms with van der Waals surface area (Å²) >= 11 is 0. The first-order valence-corrected chi connectivity index (χ1v) is 8.36. The Morgan fingerprint density at radius 3 is 2.76 bits per heavy atom. The smallest absolute Gasteiger partial charge is 0.0674 e. The molecular formula is C18H28N2O. The summed E-state index contributed by atoms with van der Waals surface area (Å²) in [4.78, 5) is 5.31. The number of likely N-dealkylation sites (tertiary alicyclic amines) is 1. The van der Waals surface area contributed by atoms with Gasteiger partial charge >= 0.3 is 0 Å². The number of rotatable bonds is 4. The Hall–Kier alpha value is -0.900. The molecular weight excluding hydrogens is 260 g/mol. The highest BCUT2D eigenvalue weighted by Gasteiger charge is 2.33. The lowest BCUT2D eigenvalue weighted by Crippen LogP contribution is -2.52. The summed E-state index contributed by atoms with van der Waals surface area (Å²) < 4.78 is 5.76. The Morgan fingerprint density at radius 1 is 1.14 bits per heavy atom. The molecule has 0 N–H and O–H groups in total. The Labute approximate surface area is 128 Å². The van der Waals surface area contributed by atoms with Crippen LogP contribution >= 0.6 is 0 Å². The summed E-state index contributed by atoms with van der Waals surface area (Å²) in [6, 6.07) is 12.1. The van der Waals surface area contributed by atoms with Gasteiger partial charge in [0.2, 0.25) is 0 Å². The van der Waals surface area contributed by atoms with Crippen LogP contribution in [0.15, 0.2) is 30.3 Å². The van der Waals surface area contributed by atoms with Crippen LogP contribution in [0.4, 0.5) is 0 Å². The molecule has 0 unspecified atom stereocenters. The van der Waals surface area contributed by atoms with Crippen molar-refractivity contribution in [3.8, 4) is 0 Å². The molecule has 3 heteroatoms. The molecule has 0 aromatic heterocycles. The molecule has 3 rings (SSSR count). The van der Waals surface area contributed by atoms with Crippen molar-refractivity contribution in [2.24, 2.45) is 0 Å². The molecule has 2 aliphatic heterocycles. The van der Waals surface area contributed by atoms with Gasteiger partial charge in [0.05, 0.1) is 12.7 Å². The first kappa shape index (κ1) is 15.0. The number of nitrogens with zero attached hydrogens (tertiary/aromatic N) is 2. The van der Waals surface area contributed by atoms with Crippen LogP contribution in [-0.2, 0) is 11.2 Å². The van der Waals surface area contributed by atoms with Crippen molar-refractivity contribution in [2.75, 3.05) is 32.8 Å². The van der Waals surface area contributed by atoms with Crippen LogP contribution in [-0.4, -0.2) is 60.8 Å². The zero-order valence-corrected chi connectivity index (χ0v) is 13.4. The molecule has 21 heavy (non-hydrogen) atoms. The van der Waals surface area contributed by atoms with E-state index in [0.29, 0.717) is 12.1 Å². The van der Waals surface area contributed by atoms with Gasteiger partial charge in [-0.2, -0.15) is 0 Å². The van der Waals surface area contributed by atoms with Gasteiger partial charge in [0, 0.05) is 31.7 Å². The van der Waals surface area contributed by atoms with Crippen molar-refractivity contribution in [3.63, 3.8) is 0 Å². The Bertz CT molecular complexity index is 436. The average Bonchev–Trinajstić information content (AvgIpc) is 2.97. The Balaban J connectivity index is 1.48. The fourth-order valence-corrected chi connectivity index (χ4v) is 3.66. The lowest BCUT2D eigenvalue weighted by Gasteiger charge is -2.40. The van der Waals surface area contributed by atoms with Gasteiger partial charge < -0.3 is 9.64 Å². The minimum absolute atomic E-state index is 0.388. The number of benzene rings is 1. The fraction of sp³-hybridized carbons (Fsp3) is 0.667. The van der Waals surface area contributed by atoms with Crippen LogP contribution in [0.25, 0.3) is 0 Å². The fourth-order valence-electron chi connectivity index (χ4n) is 3.66.